The summed E-state index contributed by atoms with van der Waals surface area (Å²) in [5, 5.41) is 14.5. The van der Waals surface area contributed by atoms with E-state index in [0.717, 1.165) is 0 Å². The molecule has 0 saturated carbocycles. The lowest BCUT2D eigenvalue weighted by Gasteiger charge is -2.23. The van der Waals surface area contributed by atoms with Gasteiger partial charge in [-0.3, -0.25) is 4.79 Å². The summed E-state index contributed by atoms with van der Waals surface area (Å²) in [4.78, 5) is 11.6. The molecule has 4 heteroatoms. The number of carbonyl (C=O) groups is 1. The summed E-state index contributed by atoms with van der Waals surface area (Å²) >= 11 is 0. The summed E-state index contributed by atoms with van der Waals surface area (Å²) in [6.07, 6.45) is -0.401. The molecule has 0 saturated heterocycles. The molecule has 17 heavy (non-hydrogen) atoms. The SMILES string of the molecule is CC(C)OC(C)([O])CC(=O)Nc1ccccc1. The van der Waals surface area contributed by atoms with Crippen LogP contribution in [-0.2, 0) is 14.6 Å². The Morgan fingerprint density at radius 1 is 1.35 bits per heavy atom. The molecule has 0 aliphatic rings. The lowest BCUT2D eigenvalue weighted by Crippen LogP contribution is -2.34. The molecule has 1 atom stereocenters. The molecule has 93 valence electrons. The van der Waals surface area contributed by atoms with Crippen LogP contribution in [0, 0.1) is 0 Å². The lowest BCUT2D eigenvalue weighted by molar-refractivity contribution is -0.245. The molecule has 1 radical (unpaired) electrons. The Morgan fingerprint density at radius 2 is 1.94 bits per heavy atom. The van der Waals surface area contributed by atoms with Gasteiger partial charge in [0.05, 0.1) is 12.5 Å². The molecule has 1 N–H and O–H groups in total. The highest BCUT2D eigenvalue weighted by Gasteiger charge is 2.28. The number of hydrogen-bond acceptors (Lipinski definition) is 2. The van der Waals surface area contributed by atoms with Gasteiger partial charge in [-0.1, -0.05) is 18.2 Å². The number of rotatable bonds is 5. The average Bonchev–Trinajstić information content (AvgIpc) is 2.15. The molecule has 0 aromatic heterocycles. The van der Waals surface area contributed by atoms with Gasteiger partial charge in [0.2, 0.25) is 11.7 Å². The molecule has 0 spiro atoms. The van der Waals surface area contributed by atoms with E-state index >= 15 is 0 Å². The van der Waals surface area contributed by atoms with Crippen molar-refractivity contribution in [1.29, 1.82) is 0 Å². The summed E-state index contributed by atoms with van der Waals surface area (Å²) < 4.78 is 5.13. The number of ether oxygens (including phenoxy) is 1. The zero-order valence-electron chi connectivity index (χ0n) is 10.4. The fraction of sp³-hybridized carbons (Fsp3) is 0.462. The van der Waals surface area contributed by atoms with Gasteiger partial charge in [0.25, 0.3) is 0 Å². The van der Waals surface area contributed by atoms with Crippen molar-refractivity contribution < 1.29 is 14.6 Å². The minimum absolute atomic E-state index is 0.193. The van der Waals surface area contributed by atoms with Crippen molar-refractivity contribution in [3.8, 4) is 0 Å². The monoisotopic (exact) mass is 236 g/mol. The van der Waals surface area contributed by atoms with Crippen molar-refractivity contribution in [2.24, 2.45) is 0 Å². The van der Waals surface area contributed by atoms with Gasteiger partial charge < -0.3 is 10.1 Å². The van der Waals surface area contributed by atoms with Crippen LogP contribution < -0.4 is 5.32 Å². The van der Waals surface area contributed by atoms with Gasteiger partial charge in [0.15, 0.2) is 0 Å². The van der Waals surface area contributed by atoms with E-state index in [1.54, 1.807) is 26.0 Å². The smallest absolute Gasteiger partial charge is 0.229 e. The third-order valence-corrected chi connectivity index (χ3v) is 2.02. The molecule has 0 aliphatic heterocycles. The van der Waals surface area contributed by atoms with Gasteiger partial charge in [-0.2, -0.15) is 5.11 Å². The first-order valence-corrected chi connectivity index (χ1v) is 5.62. The van der Waals surface area contributed by atoms with Crippen molar-refractivity contribution in [3.05, 3.63) is 30.3 Å². The minimum Gasteiger partial charge on any atom is -0.344 e. The van der Waals surface area contributed by atoms with E-state index in [2.05, 4.69) is 5.32 Å². The van der Waals surface area contributed by atoms with E-state index in [1.165, 1.54) is 6.92 Å². The third-order valence-electron chi connectivity index (χ3n) is 2.02. The maximum absolute atomic E-state index is 11.8. The van der Waals surface area contributed by atoms with Crippen molar-refractivity contribution in [3.63, 3.8) is 0 Å². The van der Waals surface area contributed by atoms with Crippen LogP contribution in [0.1, 0.15) is 27.2 Å². The molecule has 0 fully saturated rings. The fourth-order valence-electron chi connectivity index (χ4n) is 1.56. The molecule has 1 unspecified atom stereocenters. The summed E-state index contributed by atoms with van der Waals surface area (Å²) in [7, 11) is 0. The summed E-state index contributed by atoms with van der Waals surface area (Å²) in [6.45, 7) is 4.91. The third kappa shape index (κ3) is 5.47. The lowest BCUT2D eigenvalue weighted by atomic mass is 10.2. The molecule has 1 aromatic carbocycles. The summed E-state index contributed by atoms with van der Waals surface area (Å²) in [5.41, 5.74) is 0.679. The quantitative estimate of drug-likeness (QED) is 0.799. The first kappa shape index (κ1) is 13.7. The first-order valence-electron chi connectivity index (χ1n) is 5.62. The van der Waals surface area contributed by atoms with Gasteiger partial charge in [-0.25, -0.2) is 0 Å². The number of nitrogens with one attached hydrogen (secondary N) is 1. The summed E-state index contributed by atoms with van der Waals surface area (Å²) in [6, 6.07) is 9.02. The van der Waals surface area contributed by atoms with Crippen molar-refractivity contribution in [1.82, 2.24) is 0 Å². The molecule has 4 nitrogen and oxygen atoms in total. The number of carbonyl (C=O) groups excluding carboxylic acids is 1. The van der Waals surface area contributed by atoms with Crippen molar-refractivity contribution in [2.45, 2.75) is 39.1 Å². The van der Waals surface area contributed by atoms with Crippen LogP contribution in [0.15, 0.2) is 30.3 Å². The zero-order valence-corrected chi connectivity index (χ0v) is 10.4. The Bertz CT molecular complexity index is 360. The number of para-hydroxylation sites is 1. The first-order chi connectivity index (χ1) is 7.89. The van der Waals surface area contributed by atoms with E-state index in [1.807, 2.05) is 18.2 Å². The fourth-order valence-corrected chi connectivity index (χ4v) is 1.56. The number of benzene rings is 1. The predicted octanol–water partition coefficient (Wildman–Crippen LogP) is 2.59. The second-order valence-electron chi connectivity index (χ2n) is 4.39. The van der Waals surface area contributed by atoms with Gasteiger partial charge in [0, 0.05) is 5.69 Å². The maximum Gasteiger partial charge on any atom is 0.229 e. The topological polar surface area (TPSA) is 58.2 Å². The molecule has 0 aliphatic carbocycles. The van der Waals surface area contributed by atoms with E-state index < -0.39 is 5.79 Å². The Labute approximate surface area is 102 Å². The van der Waals surface area contributed by atoms with Crippen LogP contribution in [0.25, 0.3) is 0 Å². The van der Waals surface area contributed by atoms with Crippen molar-refractivity contribution >= 4 is 11.6 Å². The van der Waals surface area contributed by atoms with Gasteiger partial charge in [0.1, 0.15) is 0 Å². The van der Waals surface area contributed by atoms with E-state index in [4.69, 9.17) is 4.74 Å². The Hall–Kier alpha value is -1.39. The molecule has 1 aromatic rings. The highest BCUT2D eigenvalue weighted by atomic mass is 16.6. The second-order valence-corrected chi connectivity index (χ2v) is 4.39. The van der Waals surface area contributed by atoms with Crippen LogP contribution in [0.3, 0.4) is 0 Å². The van der Waals surface area contributed by atoms with Crippen molar-refractivity contribution in [2.75, 3.05) is 5.32 Å². The van der Waals surface area contributed by atoms with Crippen LogP contribution >= 0.6 is 0 Å². The minimum atomic E-state index is -1.69. The highest BCUT2D eigenvalue weighted by Crippen LogP contribution is 2.16. The Morgan fingerprint density at radius 3 is 2.47 bits per heavy atom. The van der Waals surface area contributed by atoms with E-state index in [-0.39, 0.29) is 18.4 Å². The van der Waals surface area contributed by atoms with E-state index in [0.29, 0.717) is 5.69 Å². The Kier molecular flexibility index (Phi) is 4.66. The zero-order chi connectivity index (χ0) is 12.9. The van der Waals surface area contributed by atoms with Crippen LogP contribution in [0.2, 0.25) is 0 Å². The molecule has 0 bridgehead atoms. The number of anilines is 1. The molecule has 1 rings (SSSR count). The molecule has 0 heterocycles. The number of amides is 1. The predicted molar refractivity (Wildman–Crippen MR) is 65.0 cm³/mol. The van der Waals surface area contributed by atoms with Crippen LogP contribution in [-0.4, -0.2) is 17.8 Å². The molecular weight excluding hydrogens is 218 g/mol. The van der Waals surface area contributed by atoms with Gasteiger partial charge in [-0.05, 0) is 32.9 Å². The maximum atomic E-state index is 11.8. The highest BCUT2D eigenvalue weighted by molar-refractivity contribution is 5.91. The largest absolute Gasteiger partial charge is 0.344 e. The molecule has 1 amide bonds. The van der Waals surface area contributed by atoms with Gasteiger partial charge >= 0.3 is 0 Å². The summed E-state index contributed by atoms with van der Waals surface area (Å²) in [5.74, 6) is -2.03. The molecular formula is C13H18NO3. The normalized spacial score (nSPS) is 14.4. The Balaban J connectivity index is 2.50. The average molecular weight is 236 g/mol. The number of hydrogen-bond donors (Lipinski definition) is 1. The van der Waals surface area contributed by atoms with E-state index in [9.17, 15) is 9.90 Å². The second kappa shape index (κ2) is 5.80. The van der Waals surface area contributed by atoms with Crippen LogP contribution in [0.5, 0.6) is 0 Å². The van der Waals surface area contributed by atoms with Gasteiger partial charge in [-0.15, -0.1) is 0 Å². The van der Waals surface area contributed by atoms with Crippen LogP contribution in [0.4, 0.5) is 5.69 Å². The standard InChI is InChI=1S/C13H18NO3/c1-10(2)17-13(3,16)9-12(15)14-11-7-5-4-6-8-11/h4-8,10H,9H2,1-3H3,(H,14,15).